The Balaban J connectivity index is 1.34. The molecule has 0 aliphatic heterocycles. The molecule has 3 heterocycles. The lowest BCUT2D eigenvalue weighted by atomic mass is 10.0. The van der Waals surface area contributed by atoms with Crippen LogP contribution in [0.3, 0.4) is 0 Å². The first-order valence-corrected chi connectivity index (χ1v) is 16.7. The average molecular weight is 592 g/mol. The van der Waals surface area contributed by atoms with Crippen molar-refractivity contribution >= 4 is 44.9 Å². The highest BCUT2D eigenvalue weighted by Gasteiger charge is 2.26. The maximum Gasteiger partial charge on any atom is 0.0541 e. The van der Waals surface area contributed by atoms with Crippen LogP contribution in [0.15, 0.2) is 103 Å². The van der Waals surface area contributed by atoms with E-state index in [1.165, 1.54) is 83.5 Å². The monoisotopic (exact) mass is 591 g/mol. The van der Waals surface area contributed by atoms with E-state index in [0.29, 0.717) is 0 Å². The van der Waals surface area contributed by atoms with Crippen LogP contribution in [0.2, 0.25) is 0 Å². The average Bonchev–Trinajstić information content (AvgIpc) is 3.66. The molecule has 0 unspecified atom stereocenters. The molecule has 0 amide bonds. The first-order valence-electron chi connectivity index (χ1n) is 16.7. The van der Waals surface area contributed by atoms with Gasteiger partial charge in [0, 0.05) is 56.5 Å². The molecule has 0 saturated heterocycles. The zero-order chi connectivity index (χ0) is 30.2. The quantitative estimate of drug-likeness (QED) is 0.182. The minimum Gasteiger partial charge on any atom is -0.316 e. The Morgan fingerprint density at radius 1 is 0.500 bits per heavy atom. The maximum absolute atomic E-state index is 3.60. The Hall–Kier alpha value is -5.46. The molecule has 3 aliphatic rings. The van der Waals surface area contributed by atoms with Gasteiger partial charge in [-0.05, 0) is 74.9 Å². The van der Waals surface area contributed by atoms with Gasteiger partial charge in [-0.25, -0.2) is 0 Å². The van der Waals surface area contributed by atoms with Gasteiger partial charge in [0.05, 0.1) is 33.5 Å². The predicted molar refractivity (Wildman–Crippen MR) is 191 cm³/mol. The lowest BCUT2D eigenvalue weighted by Gasteiger charge is -2.21. The molecule has 0 N–H and O–H groups in total. The van der Waals surface area contributed by atoms with Gasteiger partial charge in [0.15, 0.2) is 0 Å². The molecule has 0 bridgehead atoms. The fourth-order valence-corrected chi connectivity index (χ4v) is 8.36. The Labute approximate surface area is 268 Å². The molecule has 4 aromatic carbocycles. The van der Waals surface area contributed by atoms with E-state index in [-0.39, 0.29) is 0 Å². The van der Waals surface area contributed by atoms with Crippen molar-refractivity contribution in [2.24, 2.45) is 0 Å². The van der Waals surface area contributed by atoms with Crippen molar-refractivity contribution in [3.05, 3.63) is 137 Å². The molecule has 7 aromatic rings. The molecule has 0 saturated carbocycles. The van der Waals surface area contributed by atoms with E-state index in [4.69, 9.17) is 0 Å². The summed E-state index contributed by atoms with van der Waals surface area (Å²) in [6.45, 7) is 0. The van der Waals surface area contributed by atoms with E-state index in [0.717, 1.165) is 44.9 Å². The van der Waals surface area contributed by atoms with Crippen LogP contribution in [-0.4, -0.2) is 13.7 Å². The summed E-state index contributed by atoms with van der Waals surface area (Å²) in [5, 5.41) is 3.89. The van der Waals surface area contributed by atoms with Crippen LogP contribution >= 0.6 is 0 Å². The molecule has 3 aromatic heterocycles. The molecule has 0 spiro atoms. The van der Waals surface area contributed by atoms with Crippen LogP contribution in [0.1, 0.15) is 59.5 Å². The fourth-order valence-electron chi connectivity index (χ4n) is 8.36. The number of allylic oxidation sites excluding steroid dienone is 2. The van der Waals surface area contributed by atoms with Crippen molar-refractivity contribution < 1.29 is 0 Å². The highest BCUT2D eigenvalue weighted by molar-refractivity contribution is 6.09. The summed E-state index contributed by atoms with van der Waals surface area (Å²) in [6.07, 6.45) is 16.6. The van der Waals surface area contributed by atoms with Crippen molar-refractivity contribution in [3.63, 3.8) is 0 Å². The van der Waals surface area contributed by atoms with Gasteiger partial charge in [-0.3, -0.25) is 0 Å². The summed E-state index contributed by atoms with van der Waals surface area (Å²) in [5.41, 5.74) is 15.5. The zero-order valence-electron chi connectivity index (χ0n) is 25.8. The summed E-state index contributed by atoms with van der Waals surface area (Å²) in [6, 6.07) is 33.9. The highest BCUT2D eigenvalue weighted by atomic mass is 15.1. The standard InChI is InChI=1S/C43H33N3/c1-2-14-32-33-15-4-9-21-39(33)44(38(32)20-3-1)29-26-30(45-40-22-10-5-16-34(40)35-17-6-11-23-41(35)45)28-31(27-29)46-42-24-12-7-18-36(42)37-19-8-13-25-43(37)46/h4-8,10-12,15-19,22-24,26-28H,1,3,9,13,20-21,25H2. The van der Waals surface area contributed by atoms with Gasteiger partial charge in [0.25, 0.3) is 0 Å². The number of rotatable bonds is 3. The number of fused-ring (bicyclic) bond motifs is 9. The van der Waals surface area contributed by atoms with Crippen molar-refractivity contribution in [3.8, 4) is 28.9 Å². The summed E-state index contributed by atoms with van der Waals surface area (Å²) >= 11 is 0. The van der Waals surface area contributed by atoms with Crippen LogP contribution in [0.5, 0.6) is 0 Å². The van der Waals surface area contributed by atoms with E-state index in [9.17, 15) is 0 Å². The third-order valence-electron chi connectivity index (χ3n) is 10.3. The van der Waals surface area contributed by atoms with Gasteiger partial charge in [-0.1, -0.05) is 90.7 Å². The smallest absolute Gasteiger partial charge is 0.0541 e. The molecule has 10 rings (SSSR count). The van der Waals surface area contributed by atoms with Crippen LogP contribution < -0.4 is 0 Å². The summed E-state index contributed by atoms with van der Waals surface area (Å²) < 4.78 is 7.61. The van der Waals surface area contributed by atoms with E-state index in [1.54, 1.807) is 0 Å². The summed E-state index contributed by atoms with van der Waals surface area (Å²) in [5.74, 6) is 7.07. The molecule has 3 heteroatoms. The van der Waals surface area contributed by atoms with E-state index in [1.807, 2.05) is 0 Å². The van der Waals surface area contributed by atoms with Crippen LogP contribution in [0.4, 0.5) is 0 Å². The second-order valence-electron chi connectivity index (χ2n) is 12.8. The lowest BCUT2D eigenvalue weighted by Crippen LogP contribution is -2.10. The first kappa shape index (κ1) is 25.8. The van der Waals surface area contributed by atoms with E-state index < -0.39 is 0 Å². The number of nitrogens with zero attached hydrogens (tertiary/aromatic N) is 3. The lowest BCUT2D eigenvalue weighted by molar-refractivity contribution is 0.777. The van der Waals surface area contributed by atoms with Gasteiger partial charge < -0.3 is 13.7 Å². The van der Waals surface area contributed by atoms with Gasteiger partial charge in [0.2, 0.25) is 0 Å². The van der Waals surface area contributed by atoms with Crippen LogP contribution in [-0.2, 0) is 19.3 Å². The molecule has 0 radical (unpaired) electrons. The Kier molecular flexibility index (Phi) is 5.63. The third-order valence-corrected chi connectivity index (χ3v) is 10.3. The Bertz CT molecular complexity index is 2460. The zero-order valence-corrected chi connectivity index (χ0v) is 25.8. The molecule has 46 heavy (non-hydrogen) atoms. The summed E-state index contributed by atoms with van der Waals surface area (Å²) in [7, 11) is 0. The Morgan fingerprint density at radius 2 is 1.04 bits per heavy atom. The number of hydrogen-bond donors (Lipinski definition) is 0. The topological polar surface area (TPSA) is 14.8 Å². The van der Waals surface area contributed by atoms with Crippen LogP contribution in [0, 0.1) is 11.8 Å². The van der Waals surface area contributed by atoms with Crippen molar-refractivity contribution in [1.82, 2.24) is 13.7 Å². The molecule has 3 nitrogen and oxygen atoms in total. The summed E-state index contributed by atoms with van der Waals surface area (Å²) in [4.78, 5) is 0. The SMILES string of the molecule is C1#Cc2c3c(n(-c4cc(-n5c6c(c7ccccc75)C=CCC6)cc(-n5c6ccccc6c6ccccc65)c4)c2CCC1)CCC=C3. The third kappa shape index (κ3) is 3.68. The van der Waals surface area contributed by atoms with Crippen molar-refractivity contribution in [2.75, 3.05) is 0 Å². The minimum atomic E-state index is 0.953. The number of para-hydroxylation sites is 3. The first-order chi connectivity index (χ1) is 22.8. The molecular formula is C43H33N3. The van der Waals surface area contributed by atoms with Gasteiger partial charge >= 0.3 is 0 Å². The Morgan fingerprint density at radius 3 is 1.74 bits per heavy atom. The number of hydrogen-bond acceptors (Lipinski definition) is 0. The normalized spacial score (nSPS) is 15.0. The van der Waals surface area contributed by atoms with Crippen LogP contribution in [0.25, 0.3) is 61.9 Å². The van der Waals surface area contributed by atoms with E-state index in [2.05, 4.69) is 141 Å². The minimum absolute atomic E-state index is 0.953. The van der Waals surface area contributed by atoms with Crippen molar-refractivity contribution in [2.45, 2.75) is 44.9 Å². The predicted octanol–water partition coefficient (Wildman–Crippen LogP) is 10.1. The van der Waals surface area contributed by atoms with Gasteiger partial charge in [-0.2, -0.15) is 0 Å². The number of benzene rings is 4. The fraction of sp³-hybridized carbons (Fsp3) is 0.163. The molecule has 3 aliphatic carbocycles. The molecular weight excluding hydrogens is 558 g/mol. The number of aromatic nitrogens is 3. The molecule has 0 atom stereocenters. The van der Waals surface area contributed by atoms with Gasteiger partial charge in [-0.15, -0.1) is 0 Å². The molecule has 0 fully saturated rings. The highest BCUT2D eigenvalue weighted by Crippen LogP contribution is 2.39. The second-order valence-corrected chi connectivity index (χ2v) is 12.8. The van der Waals surface area contributed by atoms with E-state index >= 15 is 0 Å². The largest absolute Gasteiger partial charge is 0.316 e. The van der Waals surface area contributed by atoms with Gasteiger partial charge in [0.1, 0.15) is 0 Å². The second kappa shape index (κ2) is 10.0. The van der Waals surface area contributed by atoms with Crippen molar-refractivity contribution in [1.29, 1.82) is 0 Å². The molecule has 220 valence electrons. The maximum atomic E-state index is 3.60.